The molecule has 0 radical (unpaired) electrons. The Morgan fingerprint density at radius 2 is 2.33 bits per heavy atom. The lowest BCUT2D eigenvalue weighted by Crippen LogP contribution is -2.18. The first-order valence-corrected chi connectivity index (χ1v) is 7.82. The van der Waals surface area contributed by atoms with Crippen LogP contribution in [0, 0.1) is 0 Å². The lowest BCUT2D eigenvalue weighted by Gasteiger charge is -2.16. The van der Waals surface area contributed by atoms with E-state index in [0.717, 1.165) is 24.1 Å². The Hall–Kier alpha value is -1.14. The normalized spacial score (nSPS) is 15.2. The smallest absolute Gasteiger partial charge is 0.232 e. The van der Waals surface area contributed by atoms with Crippen LogP contribution >= 0.6 is 0 Å². The second-order valence-corrected chi connectivity index (χ2v) is 6.25. The lowest BCUT2D eigenvalue weighted by molar-refractivity contribution is 0.109. The van der Waals surface area contributed by atoms with Crippen molar-refractivity contribution in [3.63, 3.8) is 0 Å². The molecule has 2 heterocycles. The average molecular weight is 270 g/mol. The highest BCUT2D eigenvalue weighted by molar-refractivity contribution is 7.92. The number of aromatic nitrogens is 1. The number of ether oxygens (including phenoxy) is 1. The van der Waals surface area contributed by atoms with Crippen molar-refractivity contribution >= 4 is 15.7 Å². The maximum absolute atomic E-state index is 11.8. The van der Waals surface area contributed by atoms with Gasteiger partial charge in [0, 0.05) is 17.7 Å². The molecule has 1 aromatic rings. The fourth-order valence-electron chi connectivity index (χ4n) is 1.86. The highest BCUT2D eigenvalue weighted by Crippen LogP contribution is 2.19. The van der Waals surface area contributed by atoms with E-state index >= 15 is 0 Å². The molecule has 1 aromatic heterocycles. The van der Waals surface area contributed by atoms with E-state index < -0.39 is 10.0 Å². The van der Waals surface area contributed by atoms with Gasteiger partial charge in [-0.1, -0.05) is 13.3 Å². The number of fused-ring (bicyclic) bond motifs is 1. The van der Waals surface area contributed by atoms with Crippen LogP contribution in [-0.2, 0) is 27.8 Å². The molecule has 1 aliphatic heterocycles. The number of unbranched alkanes of at least 4 members (excludes halogenated alkanes) is 1. The van der Waals surface area contributed by atoms with Crippen molar-refractivity contribution in [1.82, 2.24) is 4.98 Å². The van der Waals surface area contributed by atoms with E-state index in [0.29, 0.717) is 25.3 Å². The topological polar surface area (TPSA) is 68.3 Å². The van der Waals surface area contributed by atoms with Gasteiger partial charge in [-0.15, -0.1) is 0 Å². The summed E-state index contributed by atoms with van der Waals surface area (Å²) >= 11 is 0. The highest BCUT2D eigenvalue weighted by Gasteiger charge is 2.14. The summed E-state index contributed by atoms with van der Waals surface area (Å²) in [5.74, 6) is 0.150. The summed E-state index contributed by atoms with van der Waals surface area (Å²) in [6.07, 6.45) is 3.89. The van der Waals surface area contributed by atoms with Crippen LogP contribution in [-0.4, -0.2) is 25.8 Å². The zero-order valence-corrected chi connectivity index (χ0v) is 11.3. The quantitative estimate of drug-likeness (QED) is 0.884. The molecule has 18 heavy (non-hydrogen) atoms. The van der Waals surface area contributed by atoms with Gasteiger partial charge in [-0.2, -0.15) is 0 Å². The molecule has 5 nitrogen and oxygen atoms in total. The molecule has 0 amide bonds. The zero-order valence-electron chi connectivity index (χ0n) is 10.5. The van der Waals surface area contributed by atoms with Gasteiger partial charge in [0.2, 0.25) is 10.0 Å². The molecule has 0 atom stereocenters. The van der Waals surface area contributed by atoms with Gasteiger partial charge in [0.1, 0.15) is 0 Å². The molecule has 2 rings (SSSR count). The van der Waals surface area contributed by atoms with Crippen LogP contribution in [0.3, 0.4) is 0 Å². The molecule has 0 bridgehead atoms. The number of anilines is 1. The minimum absolute atomic E-state index is 0.150. The summed E-state index contributed by atoms with van der Waals surface area (Å²) in [6, 6.07) is 1.81. The molecule has 1 aliphatic rings. The van der Waals surface area contributed by atoms with E-state index in [-0.39, 0.29) is 5.75 Å². The van der Waals surface area contributed by atoms with E-state index in [1.807, 2.05) is 13.0 Å². The molecule has 0 spiro atoms. The summed E-state index contributed by atoms with van der Waals surface area (Å²) in [4.78, 5) is 4.28. The average Bonchev–Trinajstić information content (AvgIpc) is 2.36. The van der Waals surface area contributed by atoms with Gasteiger partial charge >= 0.3 is 0 Å². The zero-order chi connectivity index (χ0) is 13.0. The molecular formula is C12H18N2O3S. The van der Waals surface area contributed by atoms with Gasteiger partial charge in [0.25, 0.3) is 0 Å². The molecule has 0 unspecified atom stereocenters. The van der Waals surface area contributed by atoms with Gasteiger partial charge in [-0.25, -0.2) is 8.42 Å². The van der Waals surface area contributed by atoms with Crippen molar-refractivity contribution < 1.29 is 13.2 Å². The fourth-order valence-corrected chi connectivity index (χ4v) is 3.10. The Labute approximate surface area is 108 Å². The molecular weight excluding hydrogens is 252 g/mol. The molecule has 0 aromatic carbocycles. The molecule has 1 N–H and O–H groups in total. The van der Waals surface area contributed by atoms with E-state index in [1.54, 1.807) is 6.20 Å². The van der Waals surface area contributed by atoms with Crippen molar-refractivity contribution in [3.8, 4) is 0 Å². The van der Waals surface area contributed by atoms with E-state index in [9.17, 15) is 8.42 Å². The Morgan fingerprint density at radius 1 is 1.50 bits per heavy atom. The first kappa shape index (κ1) is 13.3. The molecule has 100 valence electrons. The van der Waals surface area contributed by atoms with Gasteiger partial charge in [-0.3, -0.25) is 9.71 Å². The van der Waals surface area contributed by atoms with Crippen LogP contribution in [0.1, 0.15) is 31.0 Å². The molecule has 0 fully saturated rings. The number of nitrogens with zero attached hydrogens (tertiary/aromatic N) is 1. The number of hydrogen-bond acceptors (Lipinski definition) is 4. The molecule has 0 saturated carbocycles. The number of sulfonamides is 1. The minimum Gasteiger partial charge on any atom is -0.376 e. The largest absolute Gasteiger partial charge is 0.376 e. The Balaban J connectivity index is 2.10. The Morgan fingerprint density at radius 3 is 3.11 bits per heavy atom. The van der Waals surface area contributed by atoms with Gasteiger partial charge in [0.15, 0.2) is 0 Å². The van der Waals surface area contributed by atoms with Crippen LogP contribution in [0.15, 0.2) is 12.3 Å². The molecule has 0 aliphatic carbocycles. The first-order chi connectivity index (χ1) is 8.61. The third-order valence-corrected chi connectivity index (χ3v) is 4.21. The van der Waals surface area contributed by atoms with E-state index in [2.05, 4.69) is 9.71 Å². The number of hydrogen-bond donors (Lipinski definition) is 1. The molecule has 6 heteroatoms. The second-order valence-electron chi connectivity index (χ2n) is 4.41. The van der Waals surface area contributed by atoms with Gasteiger partial charge in [0.05, 0.1) is 30.9 Å². The summed E-state index contributed by atoms with van der Waals surface area (Å²) in [5, 5.41) is 0. The van der Waals surface area contributed by atoms with Crippen molar-refractivity contribution in [1.29, 1.82) is 0 Å². The van der Waals surface area contributed by atoms with Crippen molar-refractivity contribution in [2.45, 2.75) is 32.8 Å². The van der Waals surface area contributed by atoms with Crippen LogP contribution in [0.25, 0.3) is 0 Å². The fraction of sp³-hybridized carbons (Fsp3) is 0.583. The number of rotatable bonds is 5. The first-order valence-electron chi connectivity index (χ1n) is 6.17. The van der Waals surface area contributed by atoms with Crippen LogP contribution < -0.4 is 4.72 Å². The molecule has 0 saturated heterocycles. The summed E-state index contributed by atoms with van der Waals surface area (Å²) in [6.45, 7) is 3.15. The van der Waals surface area contributed by atoms with Crippen molar-refractivity contribution in [3.05, 3.63) is 23.5 Å². The summed E-state index contributed by atoms with van der Waals surface area (Å²) in [5.41, 5.74) is 2.49. The number of nitrogens with one attached hydrogen (secondary N) is 1. The maximum Gasteiger partial charge on any atom is 0.232 e. The second kappa shape index (κ2) is 5.67. The van der Waals surface area contributed by atoms with Crippen LogP contribution in [0.5, 0.6) is 0 Å². The SMILES string of the molecule is CCCCS(=O)(=O)Nc1cnc2c(c1)COCC2. The lowest BCUT2D eigenvalue weighted by atomic mass is 10.1. The maximum atomic E-state index is 11.8. The van der Waals surface area contributed by atoms with E-state index in [1.165, 1.54) is 0 Å². The summed E-state index contributed by atoms with van der Waals surface area (Å²) in [7, 11) is -3.25. The summed E-state index contributed by atoms with van der Waals surface area (Å²) < 4.78 is 31.4. The Kier molecular flexibility index (Phi) is 4.19. The van der Waals surface area contributed by atoms with Crippen LogP contribution in [0.2, 0.25) is 0 Å². The predicted octanol–water partition coefficient (Wildman–Crippen LogP) is 1.70. The monoisotopic (exact) mass is 270 g/mol. The third kappa shape index (κ3) is 3.43. The van der Waals surface area contributed by atoms with Gasteiger partial charge in [-0.05, 0) is 12.5 Å². The number of pyridine rings is 1. The Bertz CT molecular complexity index is 514. The van der Waals surface area contributed by atoms with Crippen molar-refractivity contribution in [2.24, 2.45) is 0 Å². The van der Waals surface area contributed by atoms with Gasteiger partial charge < -0.3 is 4.74 Å². The highest BCUT2D eigenvalue weighted by atomic mass is 32.2. The standard InChI is InChI=1S/C12H18N2O3S/c1-2-3-6-18(15,16)14-11-7-10-9-17-5-4-12(10)13-8-11/h7-8,14H,2-6,9H2,1H3. The van der Waals surface area contributed by atoms with E-state index in [4.69, 9.17) is 4.74 Å². The predicted molar refractivity (Wildman–Crippen MR) is 69.9 cm³/mol. The third-order valence-electron chi connectivity index (χ3n) is 2.84. The van der Waals surface area contributed by atoms with Crippen molar-refractivity contribution in [2.75, 3.05) is 17.1 Å². The minimum atomic E-state index is -3.25. The van der Waals surface area contributed by atoms with Crippen LogP contribution in [0.4, 0.5) is 5.69 Å².